The van der Waals surface area contributed by atoms with E-state index in [9.17, 15) is 19.2 Å². The number of ether oxygens (including phenoxy) is 2. The zero-order valence-electron chi connectivity index (χ0n) is 26.0. The van der Waals surface area contributed by atoms with E-state index in [4.69, 9.17) is 9.47 Å². The highest BCUT2D eigenvalue weighted by Crippen LogP contribution is 2.27. The fourth-order valence-corrected chi connectivity index (χ4v) is 5.40. The summed E-state index contributed by atoms with van der Waals surface area (Å²) >= 11 is 0. The zero-order chi connectivity index (χ0) is 31.5. The average Bonchev–Trinajstić information content (AvgIpc) is 2.98. The molecule has 43 heavy (non-hydrogen) atoms. The van der Waals surface area contributed by atoms with Crippen LogP contribution in [0.25, 0.3) is 16.8 Å². The van der Waals surface area contributed by atoms with E-state index in [2.05, 4.69) is 21.0 Å². The van der Waals surface area contributed by atoms with Crippen LogP contribution in [0.3, 0.4) is 0 Å². The van der Waals surface area contributed by atoms with Crippen LogP contribution in [0.15, 0.2) is 36.5 Å². The summed E-state index contributed by atoms with van der Waals surface area (Å²) in [5.74, 6) is -2.58. The van der Waals surface area contributed by atoms with E-state index in [0.717, 1.165) is 16.3 Å². The Balaban J connectivity index is 1.71. The predicted octanol–water partition coefficient (Wildman–Crippen LogP) is 3.05. The minimum absolute atomic E-state index is 0.250. The molecule has 0 spiro atoms. The molecule has 3 amide bonds. The Morgan fingerprint density at radius 2 is 1.79 bits per heavy atom. The molecule has 4 rings (SSSR count). The van der Waals surface area contributed by atoms with Gasteiger partial charge in [-0.25, -0.2) is 10.2 Å². The number of rotatable bonds is 2. The molecule has 0 radical (unpaired) electrons. The number of esters is 1. The van der Waals surface area contributed by atoms with E-state index in [1.54, 1.807) is 39.1 Å². The minimum atomic E-state index is -1.13. The monoisotopic (exact) mass is 593 g/mol. The number of cyclic esters (lactones) is 1. The Kier molecular flexibility index (Phi) is 9.86. The number of pyridine rings is 1. The van der Waals surface area contributed by atoms with E-state index >= 15 is 0 Å². The molecule has 11 heteroatoms. The second-order valence-corrected chi connectivity index (χ2v) is 12.1. The second-order valence-electron chi connectivity index (χ2n) is 12.1. The fourth-order valence-electron chi connectivity index (χ4n) is 5.40. The number of aromatic nitrogens is 1. The summed E-state index contributed by atoms with van der Waals surface area (Å²) in [6.07, 6.45) is 5.24. The Hall–Kier alpha value is -3.83. The predicted molar refractivity (Wildman–Crippen MR) is 162 cm³/mol. The molecule has 232 valence electrons. The first-order chi connectivity index (χ1) is 20.3. The van der Waals surface area contributed by atoms with Crippen LogP contribution in [0.5, 0.6) is 0 Å². The number of nitrogens with zero attached hydrogens (tertiary/aromatic N) is 2. The third kappa shape index (κ3) is 7.22. The Morgan fingerprint density at radius 1 is 1.05 bits per heavy atom. The first-order valence-electron chi connectivity index (χ1n) is 14.8. The summed E-state index contributed by atoms with van der Waals surface area (Å²) < 4.78 is 11.5. The van der Waals surface area contributed by atoms with Crippen molar-refractivity contribution in [2.24, 2.45) is 11.8 Å². The lowest BCUT2D eigenvalue weighted by molar-refractivity contribution is -0.164. The molecule has 6 atom stereocenters. The van der Waals surface area contributed by atoms with Crippen LogP contribution in [-0.4, -0.2) is 71.1 Å². The smallest absolute Gasteiger partial charge is 0.328 e. The molecule has 0 aliphatic carbocycles. The number of carbonyl (C=O) groups is 4. The lowest BCUT2D eigenvalue weighted by Gasteiger charge is -2.41. The third-order valence-electron chi connectivity index (χ3n) is 8.29. The summed E-state index contributed by atoms with van der Waals surface area (Å²) in [6, 6.07) is 5.93. The van der Waals surface area contributed by atoms with Gasteiger partial charge in [0.25, 0.3) is 5.91 Å². The number of carbonyl (C=O) groups excluding carboxylic acids is 4. The van der Waals surface area contributed by atoms with Crippen molar-refractivity contribution in [2.45, 2.75) is 84.2 Å². The van der Waals surface area contributed by atoms with E-state index < -0.39 is 53.5 Å². The van der Waals surface area contributed by atoms with E-state index in [1.807, 2.05) is 45.0 Å². The van der Waals surface area contributed by atoms with E-state index in [1.165, 1.54) is 12.1 Å². The molecule has 2 aliphatic rings. The maximum atomic E-state index is 13.4. The zero-order valence-corrected chi connectivity index (χ0v) is 26.0. The number of fused-ring (bicyclic) bond motifs is 4. The number of methoxy groups -OCH3 is 1. The van der Waals surface area contributed by atoms with Crippen molar-refractivity contribution in [1.29, 1.82) is 0 Å². The average molecular weight is 594 g/mol. The van der Waals surface area contributed by atoms with Crippen molar-refractivity contribution in [3.05, 3.63) is 47.8 Å². The third-order valence-corrected chi connectivity index (χ3v) is 8.29. The molecule has 2 aromatic rings. The van der Waals surface area contributed by atoms with Crippen molar-refractivity contribution in [2.75, 3.05) is 13.7 Å². The molecule has 11 nitrogen and oxygen atoms in total. The highest BCUT2D eigenvalue weighted by atomic mass is 16.5. The number of hydrazine groups is 1. The van der Waals surface area contributed by atoms with E-state index in [-0.39, 0.29) is 11.8 Å². The van der Waals surface area contributed by atoms with Gasteiger partial charge in [0.05, 0.1) is 17.7 Å². The van der Waals surface area contributed by atoms with Crippen LogP contribution >= 0.6 is 0 Å². The molecule has 5 bridgehead atoms. The van der Waals surface area contributed by atoms with Crippen molar-refractivity contribution in [3.8, 4) is 0 Å². The normalized spacial score (nSPS) is 30.4. The second kappa shape index (κ2) is 13.2. The number of hydrogen-bond donors (Lipinski definition) is 3. The van der Waals surface area contributed by atoms with Crippen LogP contribution in [0.2, 0.25) is 0 Å². The quantitative estimate of drug-likeness (QED) is 0.452. The molecule has 1 aromatic heterocycles. The highest BCUT2D eigenvalue weighted by molar-refractivity contribution is 5.93. The fraction of sp³-hybridized carbons (Fsp3) is 0.531. The summed E-state index contributed by atoms with van der Waals surface area (Å²) in [6.45, 7) is 10.8. The molecule has 3 heterocycles. The molecule has 0 saturated carbocycles. The molecular formula is C32H43N5O6. The standard InChI is InChI=1S/C32H43N5O6/c1-18(2)27-29(39)34-20(4)30(40)37-14-8-13-32(6,36-37)31(41)43-21(5)22-9-10-23-17-33-25(16-24(23)15-22)11-12-26(42-7)19(3)28(38)35-27/h9-12,15-21,26-27,36H,8,13-14H2,1-7H3,(H,34,39)(H,35,38)/b12-11+/t19-,20+,21-,26-,27?,32-/m1/s1. The summed E-state index contributed by atoms with van der Waals surface area (Å²) in [7, 11) is 1.52. The van der Waals surface area contributed by atoms with Gasteiger partial charge in [0.1, 0.15) is 23.7 Å². The summed E-state index contributed by atoms with van der Waals surface area (Å²) in [5, 5.41) is 8.80. The van der Waals surface area contributed by atoms with Crippen molar-refractivity contribution in [3.63, 3.8) is 0 Å². The topological polar surface area (TPSA) is 139 Å². The maximum absolute atomic E-state index is 13.4. The molecule has 1 unspecified atom stereocenters. The van der Waals surface area contributed by atoms with Gasteiger partial charge in [-0.3, -0.25) is 24.4 Å². The highest BCUT2D eigenvalue weighted by Gasteiger charge is 2.42. The molecule has 1 saturated heterocycles. The first-order valence-corrected chi connectivity index (χ1v) is 14.8. The molecule has 2 aliphatic heterocycles. The minimum Gasteiger partial charge on any atom is -0.456 e. The van der Waals surface area contributed by atoms with Gasteiger partial charge in [-0.1, -0.05) is 39.0 Å². The SMILES string of the molecule is CO[C@@H]1/C=C/c2cc3cc(ccc3cn2)[C@@H](C)OC(=O)[C@@]2(C)CCCN(N2)C(=O)[C@H](C)NC(=O)C(C(C)C)NC(=O)[C@@H]1C. The maximum Gasteiger partial charge on any atom is 0.328 e. The summed E-state index contributed by atoms with van der Waals surface area (Å²) in [4.78, 5) is 57.9. The van der Waals surface area contributed by atoms with Crippen molar-refractivity contribution >= 4 is 40.5 Å². The van der Waals surface area contributed by atoms with Crippen LogP contribution in [0.4, 0.5) is 0 Å². The molecule has 3 N–H and O–H groups in total. The lowest BCUT2D eigenvalue weighted by Crippen LogP contribution is -2.65. The van der Waals surface area contributed by atoms with Crippen LogP contribution in [-0.2, 0) is 28.7 Å². The Morgan fingerprint density at radius 3 is 2.49 bits per heavy atom. The van der Waals surface area contributed by atoms with Gasteiger partial charge < -0.3 is 20.1 Å². The van der Waals surface area contributed by atoms with Gasteiger partial charge in [-0.05, 0) is 68.7 Å². The van der Waals surface area contributed by atoms with Gasteiger partial charge in [-0.15, -0.1) is 0 Å². The Bertz CT molecular complexity index is 1410. The molecular weight excluding hydrogens is 550 g/mol. The van der Waals surface area contributed by atoms with Crippen molar-refractivity contribution < 1.29 is 28.7 Å². The van der Waals surface area contributed by atoms with Gasteiger partial charge >= 0.3 is 5.97 Å². The van der Waals surface area contributed by atoms with Gasteiger partial charge in [0.15, 0.2) is 0 Å². The van der Waals surface area contributed by atoms with Gasteiger partial charge in [0, 0.05) is 25.2 Å². The number of hydrogen-bond acceptors (Lipinski definition) is 8. The largest absolute Gasteiger partial charge is 0.456 e. The molecule has 1 aromatic carbocycles. The van der Waals surface area contributed by atoms with Crippen LogP contribution in [0.1, 0.15) is 71.7 Å². The number of nitrogens with one attached hydrogen (secondary N) is 3. The summed E-state index contributed by atoms with van der Waals surface area (Å²) in [5.41, 5.74) is 3.41. The van der Waals surface area contributed by atoms with Crippen LogP contribution < -0.4 is 16.1 Å². The lowest BCUT2D eigenvalue weighted by atomic mass is 9.94. The Labute approximate surface area is 252 Å². The van der Waals surface area contributed by atoms with Crippen LogP contribution in [0, 0.1) is 11.8 Å². The number of benzene rings is 1. The number of amides is 3. The van der Waals surface area contributed by atoms with Gasteiger partial charge in [-0.2, -0.15) is 0 Å². The van der Waals surface area contributed by atoms with Gasteiger partial charge in [0.2, 0.25) is 11.8 Å². The van der Waals surface area contributed by atoms with E-state index in [0.29, 0.717) is 25.1 Å². The molecule has 1 fully saturated rings. The van der Waals surface area contributed by atoms with Crippen molar-refractivity contribution in [1.82, 2.24) is 26.1 Å². The first kappa shape index (κ1) is 32.1.